The lowest BCUT2D eigenvalue weighted by Crippen LogP contribution is -2.33. The second-order valence-corrected chi connectivity index (χ2v) is 7.64. The van der Waals surface area contributed by atoms with E-state index in [2.05, 4.69) is 5.32 Å². The first kappa shape index (κ1) is 17.6. The number of rotatable bonds is 4. The Morgan fingerprint density at radius 3 is 2.80 bits per heavy atom. The second-order valence-electron chi connectivity index (χ2n) is 6.51. The molecule has 1 aliphatic rings. The summed E-state index contributed by atoms with van der Waals surface area (Å²) < 4.78 is 13.6. The number of hydrogen-bond donors (Lipinski definition) is 1. The molecule has 0 spiro atoms. The molecule has 1 aromatic carbocycles. The molecule has 1 atom stereocenters. The van der Waals surface area contributed by atoms with Crippen LogP contribution in [0.15, 0.2) is 30.3 Å². The van der Waals surface area contributed by atoms with Gasteiger partial charge in [0, 0.05) is 37.0 Å². The quantitative estimate of drug-likeness (QED) is 0.911. The third-order valence-corrected chi connectivity index (χ3v) is 5.71. The second kappa shape index (κ2) is 7.35. The maximum atomic E-state index is 13.6. The number of aryl methyl sites for hydroxylation is 1. The number of carbonyl (C=O) groups is 2. The van der Waals surface area contributed by atoms with E-state index in [1.165, 1.54) is 22.3 Å². The molecule has 4 nitrogen and oxygen atoms in total. The lowest BCUT2D eigenvalue weighted by Gasteiger charge is -2.21. The van der Waals surface area contributed by atoms with Crippen molar-refractivity contribution in [2.75, 3.05) is 14.1 Å². The third kappa shape index (κ3) is 3.90. The minimum atomic E-state index is -0.307. The Morgan fingerprint density at radius 2 is 2.08 bits per heavy atom. The Kier molecular flexibility index (Phi) is 5.18. The van der Waals surface area contributed by atoms with E-state index in [0.29, 0.717) is 12.0 Å². The molecule has 3 rings (SSSR count). The van der Waals surface area contributed by atoms with Crippen molar-refractivity contribution in [2.24, 2.45) is 5.92 Å². The minimum Gasteiger partial charge on any atom is -0.352 e. The molecule has 132 valence electrons. The standard InChI is InChI=1S/C19H21FN2O2S/c1-22(2)19(24)17-10-14-9-12(7-8-16(14)25-17)18(23)21-11-13-5-3-4-6-15(13)20/h3-6,10,12H,7-9,11H2,1-2H3,(H,21,23)/t12-/m0/s1. The predicted octanol–water partition coefficient (Wildman–Crippen LogP) is 3.01. The lowest BCUT2D eigenvalue weighted by molar-refractivity contribution is -0.125. The van der Waals surface area contributed by atoms with Crippen molar-refractivity contribution in [1.29, 1.82) is 0 Å². The van der Waals surface area contributed by atoms with Crippen molar-refractivity contribution in [2.45, 2.75) is 25.8 Å². The maximum absolute atomic E-state index is 13.6. The number of amides is 2. The van der Waals surface area contributed by atoms with Crippen molar-refractivity contribution in [1.82, 2.24) is 10.2 Å². The third-order valence-electron chi connectivity index (χ3n) is 4.48. The molecule has 0 aliphatic heterocycles. The fourth-order valence-corrected chi connectivity index (χ4v) is 4.27. The molecule has 2 aromatic rings. The summed E-state index contributed by atoms with van der Waals surface area (Å²) in [6, 6.07) is 8.37. The van der Waals surface area contributed by atoms with E-state index in [1.807, 2.05) is 6.07 Å². The van der Waals surface area contributed by atoms with Gasteiger partial charge in [0.1, 0.15) is 5.82 Å². The molecule has 0 fully saturated rings. The molecule has 6 heteroatoms. The van der Waals surface area contributed by atoms with Gasteiger partial charge in [0.15, 0.2) is 0 Å². The average Bonchev–Trinajstić information content (AvgIpc) is 3.03. The van der Waals surface area contributed by atoms with Gasteiger partial charge in [-0.2, -0.15) is 0 Å². The summed E-state index contributed by atoms with van der Waals surface area (Å²) in [5.74, 6) is -0.491. The van der Waals surface area contributed by atoms with Crippen LogP contribution < -0.4 is 5.32 Å². The Hall–Kier alpha value is -2.21. The van der Waals surface area contributed by atoms with Crippen molar-refractivity contribution in [3.05, 3.63) is 57.0 Å². The van der Waals surface area contributed by atoms with Gasteiger partial charge in [-0.1, -0.05) is 18.2 Å². The summed E-state index contributed by atoms with van der Waals surface area (Å²) in [4.78, 5) is 28.0. The summed E-state index contributed by atoms with van der Waals surface area (Å²) in [6.07, 6.45) is 2.19. The lowest BCUT2D eigenvalue weighted by atomic mass is 9.87. The summed E-state index contributed by atoms with van der Waals surface area (Å²) in [6.45, 7) is 0.197. The molecule has 0 bridgehead atoms. The molecule has 0 saturated carbocycles. The highest BCUT2D eigenvalue weighted by molar-refractivity contribution is 7.14. The maximum Gasteiger partial charge on any atom is 0.263 e. The van der Waals surface area contributed by atoms with Crippen LogP contribution in [0.4, 0.5) is 4.39 Å². The van der Waals surface area contributed by atoms with Gasteiger partial charge in [-0.3, -0.25) is 9.59 Å². The van der Waals surface area contributed by atoms with Gasteiger partial charge in [0.2, 0.25) is 5.91 Å². The van der Waals surface area contributed by atoms with E-state index in [9.17, 15) is 14.0 Å². The number of hydrogen-bond acceptors (Lipinski definition) is 3. The Balaban J connectivity index is 1.63. The monoisotopic (exact) mass is 360 g/mol. The number of carbonyl (C=O) groups excluding carboxylic acids is 2. The van der Waals surface area contributed by atoms with Gasteiger partial charge < -0.3 is 10.2 Å². The van der Waals surface area contributed by atoms with Crippen LogP contribution in [0, 0.1) is 11.7 Å². The van der Waals surface area contributed by atoms with Crippen molar-refractivity contribution in [3.63, 3.8) is 0 Å². The van der Waals surface area contributed by atoms with Gasteiger partial charge in [-0.25, -0.2) is 4.39 Å². The molecule has 0 saturated heterocycles. The minimum absolute atomic E-state index is 0.0000423. The molecular formula is C19H21FN2O2S. The van der Waals surface area contributed by atoms with Gasteiger partial charge in [0.05, 0.1) is 4.88 Å². The van der Waals surface area contributed by atoms with Gasteiger partial charge in [-0.05, 0) is 37.0 Å². The van der Waals surface area contributed by atoms with E-state index in [1.54, 1.807) is 37.2 Å². The summed E-state index contributed by atoms with van der Waals surface area (Å²) >= 11 is 1.53. The fraction of sp³-hybridized carbons (Fsp3) is 0.368. The number of fused-ring (bicyclic) bond motifs is 1. The van der Waals surface area contributed by atoms with E-state index in [-0.39, 0.29) is 30.1 Å². The van der Waals surface area contributed by atoms with Crippen molar-refractivity contribution >= 4 is 23.2 Å². The van der Waals surface area contributed by atoms with Gasteiger partial charge in [0.25, 0.3) is 5.91 Å². The fourth-order valence-electron chi connectivity index (χ4n) is 3.04. The van der Waals surface area contributed by atoms with Crippen LogP contribution in [-0.4, -0.2) is 30.8 Å². The molecule has 0 radical (unpaired) electrons. The first-order valence-corrected chi connectivity index (χ1v) is 9.11. The number of nitrogens with zero attached hydrogens (tertiary/aromatic N) is 1. The van der Waals surface area contributed by atoms with Crippen LogP contribution in [0.1, 0.15) is 32.1 Å². The predicted molar refractivity (Wildman–Crippen MR) is 96.1 cm³/mol. The van der Waals surface area contributed by atoms with Crippen LogP contribution in [0.25, 0.3) is 0 Å². The van der Waals surface area contributed by atoms with Crippen LogP contribution in [-0.2, 0) is 24.2 Å². The summed E-state index contributed by atoms with van der Waals surface area (Å²) in [7, 11) is 3.47. The molecule has 1 N–H and O–H groups in total. The molecule has 1 aromatic heterocycles. The molecule has 1 heterocycles. The average molecular weight is 360 g/mol. The first-order valence-electron chi connectivity index (χ1n) is 8.30. The van der Waals surface area contributed by atoms with Gasteiger partial charge in [-0.15, -0.1) is 11.3 Å². The van der Waals surface area contributed by atoms with Gasteiger partial charge >= 0.3 is 0 Å². The zero-order valence-corrected chi connectivity index (χ0v) is 15.2. The first-order chi connectivity index (χ1) is 12.0. The SMILES string of the molecule is CN(C)C(=O)c1cc2c(s1)CC[C@H](C(=O)NCc1ccccc1F)C2. The summed E-state index contributed by atoms with van der Waals surface area (Å²) in [5, 5.41) is 2.84. The Morgan fingerprint density at radius 1 is 1.32 bits per heavy atom. The molecule has 25 heavy (non-hydrogen) atoms. The largest absolute Gasteiger partial charge is 0.352 e. The van der Waals surface area contributed by atoms with Crippen molar-refractivity contribution in [3.8, 4) is 0 Å². The zero-order valence-electron chi connectivity index (χ0n) is 14.3. The number of thiophene rings is 1. The van der Waals surface area contributed by atoms with Crippen LogP contribution in [0.2, 0.25) is 0 Å². The van der Waals surface area contributed by atoms with E-state index in [4.69, 9.17) is 0 Å². The Labute approximate surface area is 150 Å². The zero-order chi connectivity index (χ0) is 18.0. The van der Waals surface area contributed by atoms with E-state index < -0.39 is 0 Å². The molecule has 0 unspecified atom stereocenters. The van der Waals surface area contributed by atoms with Crippen molar-refractivity contribution < 1.29 is 14.0 Å². The highest BCUT2D eigenvalue weighted by Gasteiger charge is 2.27. The van der Waals surface area contributed by atoms with Crippen LogP contribution in [0.5, 0.6) is 0 Å². The Bertz CT molecular complexity index is 800. The van der Waals surface area contributed by atoms with Crippen LogP contribution >= 0.6 is 11.3 Å². The summed E-state index contributed by atoms with van der Waals surface area (Å²) in [5.41, 5.74) is 1.58. The molecule has 2 amide bonds. The number of halogens is 1. The smallest absolute Gasteiger partial charge is 0.263 e. The number of benzene rings is 1. The molecular weight excluding hydrogens is 339 g/mol. The highest BCUT2D eigenvalue weighted by atomic mass is 32.1. The number of nitrogens with one attached hydrogen (secondary N) is 1. The molecule has 1 aliphatic carbocycles. The normalized spacial score (nSPS) is 16.2. The van der Waals surface area contributed by atoms with E-state index in [0.717, 1.165) is 23.3 Å². The van der Waals surface area contributed by atoms with E-state index >= 15 is 0 Å². The topological polar surface area (TPSA) is 49.4 Å². The highest BCUT2D eigenvalue weighted by Crippen LogP contribution is 2.33. The van der Waals surface area contributed by atoms with Crippen LogP contribution in [0.3, 0.4) is 0 Å².